The monoisotopic (exact) mass is 306 g/mol. The molecule has 84 valence electrons. The molecule has 0 fully saturated rings. The molecule has 1 aromatic carbocycles. The molecule has 2 aromatic rings. The largest absolute Gasteiger partial charge is 0.417 e. The van der Waals surface area contributed by atoms with Crippen molar-refractivity contribution in [1.29, 1.82) is 0 Å². The molecule has 0 bridgehead atoms. The van der Waals surface area contributed by atoms with E-state index in [0.29, 0.717) is 9.35 Å². The van der Waals surface area contributed by atoms with E-state index in [-0.39, 0.29) is 5.56 Å². The number of hydrogen-bond acceptors (Lipinski definition) is 1. The Morgan fingerprint density at radius 2 is 1.69 bits per heavy atom. The van der Waals surface area contributed by atoms with E-state index in [1.165, 1.54) is 23.5 Å². The third-order valence-corrected chi connectivity index (χ3v) is 3.83. The Labute approximate surface area is 103 Å². The van der Waals surface area contributed by atoms with Gasteiger partial charge in [0.25, 0.3) is 0 Å². The van der Waals surface area contributed by atoms with E-state index < -0.39 is 11.7 Å². The lowest BCUT2D eigenvalue weighted by molar-refractivity contribution is -0.137. The predicted molar refractivity (Wildman–Crippen MR) is 62.5 cm³/mol. The third-order valence-electron chi connectivity index (χ3n) is 2.14. The zero-order valence-corrected chi connectivity index (χ0v) is 10.3. The molecular weight excluding hydrogens is 301 g/mol. The van der Waals surface area contributed by atoms with Gasteiger partial charge in [0.05, 0.1) is 9.35 Å². The van der Waals surface area contributed by atoms with Crippen LogP contribution in [0.15, 0.2) is 39.5 Å². The van der Waals surface area contributed by atoms with Gasteiger partial charge >= 0.3 is 6.18 Å². The fourth-order valence-electron chi connectivity index (χ4n) is 1.45. The summed E-state index contributed by atoms with van der Waals surface area (Å²) in [4.78, 5) is 0. The van der Waals surface area contributed by atoms with Crippen LogP contribution in [0, 0.1) is 0 Å². The number of alkyl halides is 3. The highest BCUT2D eigenvalue weighted by Gasteiger charge is 2.33. The van der Waals surface area contributed by atoms with Crippen LogP contribution in [0.5, 0.6) is 0 Å². The van der Waals surface area contributed by atoms with Crippen LogP contribution < -0.4 is 0 Å². The van der Waals surface area contributed by atoms with E-state index in [1.807, 2.05) is 0 Å². The van der Waals surface area contributed by atoms with Gasteiger partial charge in [0, 0.05) is 5.56 Å². The number of halogens is 4. The highest BCUT2D eigenvalue weighted by Crippen LogP contribution is 2.40. The first-order valence-electron chi connectivity index (χ1n) is 4.40. The van der Waals surface area contributed by atoms with Gasteiger partial charge in [-0.05, 0) is 39.0 Å². The molecule has 16 heavy (non-hydrogen) atoms. The summed E-state index contributed by atoms with van der Waals surface area (Å²) in [5, 5.41) is 1.76. The molecule has 0 amide bonds. The van der Waals surface area contributed by atoms with Crippen LogP contribution in [-0.4, -0.2) is 0 Å². The molecular formula is C11H6BrF3S. The summed E-state index contributed by atoms with van der Waals surface area (Å²) in [6.07, 6.45) is -4.32. The van der Waals surface area contributed by atoms with Crippen LogP contribution in [0.2, 0.25) is 0 Å². The highest BCUT2D eigenvalue weighted by atomic mass is 79.9. The fraction of sp³-hybridized carbons (Fsp3) is 0.0909. The molecule has 1 heterocycles. The minimum Gasteiger partial charge on any atom is -0.166 e. The standard InChI is InChI=1S/C11H6BrF3S/c12-10-8(5-6-16-10)7-3-1-2-4-9(7)11(13,14)15/h1-6H. The first-order valence-corrected chi connectivity index (χ1v) is 6.07. The topological polar surface area (TPSA) is 0 Å². The van der Waals surface area contributed by atoms with Gasteiger partial charge in [-0.2, -0.15) is 13.2 Å². The van der Waals surface area contributed by atoms with Gasteiger partial charge < -0.3 is 0 Å². The number of thiophene rings is 1. The first-order chi connectivity index (χ1) is 7.50. The van der Waals surface area contributed by atoms with E-state index in [0.717, 1.165) is 6.07 Å². The molecule has 0 aliphatic rings. The van der Waals surface area contributed by atoms with Crippen LogP contribution in [0.1, 0.15) is 5.56 Å². The van der Waals surface area contributed by atoms with E-state index in [1.54, 1.807) is 17.5 Å². The lowest BCUT2D eigenvalue weighted by atomic mass is 10.0. The minimum absolute atomic E-state index is 0.211. The van der Waals surface area contributed by atoms with Crippen LogP contribution in [-0.2, 0) is 6.18 Å². The summed E-state index contributed by atoms with van der Waals surface area (Å²) in [5.41, 5.74) is 0.190. The fourth-order valence-corrected chi connectivity index (χ4v) is 2.75. The molecule has 0 saturated heterocycles. The van der Waals surface area contributed by atoms with E-state index in [9.17, 15) is 13.2 Å². The minimum atomic E-state index is -4.32. The Morgan fingerprint density at radius 3 is 2.25 bits per heavy atom. The summed E-state index contributed by atoms with van der Waals surface area (Å²) in [5.74, 6) is 0. The summed E-state index contributed by atoms with van der Waals surface area (Å²) in [6.45, 7) is 0. The summed E-state index contributed by atoms with van der Waals surface area (Å²) in [6, 6.07) is 7.26. The summed E-state index contributed by atoms with van der Waals surface area (Å²) >= 11 is 4.62. The van der Waals surface area contributed by atoms with Crippen molar-refractivity contribution in [2.75, 3.05) is 0 Å². The molecule has 0 saturated carbocycles. The number of rotatable bonds is 1. The SMILES string of the molecule is FC(F)(F)c1ccccc1-c1ccsc1Br. The number of hydrogen-bond donors (Lipinski definition) is 0. The van der Waals surface area contributed by atoms with E-state index >= 15 is 0 Å². The Balaban J connectivity index is 2.62. The smallest absolute Gasteiger partial charge is 0.166 e. The van der Waals surface area contributed by atoms with Gasteiger partial charge in [0.15, 0.2) is 0 Å². The van der Waals surface area contributed by atoms with Crippen LogP contribution in [0.25, 0.3) is 11.1 Å². The molecule has 0 atom stereocenters. The molecule has 5 heteroatoms. The van der Waals surface area contributed by atoms with Gasteiger partial charge in [0.1, 0.15) is 0 Å². The second kappa shape index (κ2) is 4.22. The Hall–Kier alpha value is -0.810. The van der Waals surface area contributed by atoms with Crippen molar-refractivity contribution >= 4 is 27.3 Å². The Kier molecular flexibility index (Phi) is 3.08. The molecule has 0 spiro atoms. The zero-order chi connectivity index (χ0) is 11.8. The van der Waals surface area contributed by atoms with Crippen LogP contribution in [0.3, 0.4) is 0 Å². The van der Waals surface area contributed by atoms with E-state index in [2.05, 4.69) is 15.9 Å². The maximum atomic E-state index is 12.8. The maximum absolute atomic E-state index is 12.8. The molecule has 0 aliphatic carbocycles. The lowest BCUT2D eigenvalue weighted by Crippen LogP contribution is -2.06. The van der Waals surface area contributed by atoms with Crippen molar-refractivity contribution in [3.8, 4) is 11.1 Å². The van der Waals surface area contributed by atoms with Gasteiger partial charge in [0.2, 0.25) is 0 Å². The lowest BCUT2D eigenvalue weighted by Gasteiger charge is -2.11. The summed E-state index contributed by atoms with van der Waals surface area (Å²) < 4.78 is 39.0. The second-order valence-electron chi connectivity index (χ2n) is 3.15. The summed E-state index contributed by atoms with van der Waals surface area (Å²) in [7, 11) is 0. The first kappa shape index (κ1) is 11.7. The van der Waals surface area contributed by atoms with Crippen molar-refractivity contribution < 1.29 is 13.2 Å². The van der Waals surface area contributed by atoms with E-state index in [4.69, 9.17) is 0 Å². The average molecular weight is 307 g/mol. The Bertz CT molecular complexity index is 502. The van der Waals surface area contributed by atoms with Gasteiger partial charge in [-0.1, -0.05) is 18.2 Å². The number of benzene rings is 1. The van der Waals surface area contributed by atoms with Crippen LogP contribution in [0.4, 0.5) is 13.2 Å². The highest BCUT2D eigenvalue weighted by molar-refractivity contribution is 9.11. The molecule has 0 unspecified atom stereocenters. The molecule has 1 aromatic heterocycles. The van der Waals surface area contributed by atoms with Crippen molar-refractivity contribution in [2.24, 2.45) is 0 Å². The van der Waals surface area contributed by atoms with Gasteiger partial charge in [-0.3, -0.25) is 0 Å². The molecule has 0 nitrogen and oxygen atoms in total. The third kappa shape index (κ3) is 2.15. The van der Waals surface area contributed by atoms with Crippen molar-refractivity contribution in [3.63, 3.8) is 0 Å². The zero-order valence-electron chi connectivity index (χ0n) is 7.88. The second-order valence-corrected chi connectivity index (χ2v) is 5.39. The normalized spacial score (nSPS) is 11.8. The Morgan fingerprint density at radius 1 is 1.00 bits per heavy atom. The van der Waals surface area contributed by atoms with Crippen LogP contribution >= 0.6 is 27.3 Å². The molecule has 2 rings (SSSR count). The molecule has 0 N–H and O–H groups in total. The van der Waals surface area contributed by atoms with Crippen molar-refractivity contribution in [3.05, 3.63) is 45.1 Å². The van der Waals surface area contributed by atoms with Crippen molar-refractivity contribution in [2.45, 2.75) is 6.18 Å². The molecule has 0 aliphatic heterocycles. The quantitative estimate of drug-likeness (QED) is 0.679. The van der Waals surface area contributed by atoms with Gasteiger partial charge in [-0.15, -0.1) is 11.3 Å². The maximum Gasteiger partial charge on any atom is 0.417 e. The predicted octanol–water partition coefficient (Wildman–Crippen LogP) is 5.20. The van der Waals surface area contributed by atoms with Crippen molar-refractivity contribution in [1.82, 2.24) is 0 Å². The molecule has 0 radical (unpaired) electrons. The average Bonchev–Trinajstić information content (AvgIpc) is 2.63. The van der Waals surface area contributed by atoms with Gasteiger partial charge in [-0.25, -0.2) is 0 Å².